The molecule has 0 bridgehead atoms. The number of anilines is 2. The Morgan fingerprint density at radius 1 is 1.08 bits per heavy atom. The van der Waals surface area contributed by atoms with Gasteiger partial charge in [-0.2, -0.15) is 4.74 Å². The van der Waals surface area contributed by atoms with Crippen molar-refractivity contribution in [3.63, 3.8) is 0 Å². The zero-order chi connectivity index (χ0) is 28.0. The quantitative estimate of drug-likeness (QED) is 0.388. The molecule has 5 rings (SSSR count). The molecule has 0 saturated carbocycles. The first-order valence-electron chi connectivity index (χ1n) is 12.4. The fraction of sp³-hybridized carbons (Fsp3) is 0.207. The number of aromatic nitrogens is 2. The summed E-state index contributed by atoms with van der Waals surface area (Å²) >= 11 is 0. The maximum atomic E-state index is 13.7. The number of fused-ring (bicyclic) bond motifs is 1. The number of benzene rings is 2. The van der Waals surface area contributed by atoms with Crippen LogP contribution >= 0.6 is 0 Å². The van der Waals surface area contributed by atoms with E-state index in [4.69, 9.17) is 10.3 Å². The van der Waals surface area contributed by atoms with E-state index < -0.39 is 17.9 Å². The molecule has 10 heteroatoms. The van der Waals surface area contributed by atoms with Crippen LogP contribution in [0.15, 0.2) is 63.9 Å². The van der Waals surface area contributed by atoms with Gasteiger partial charge in [-0.1, -0.05) is 25.1 Å². The second kappa shape index (κ2) is 9.71. The van der Waals surface area contributed by atoms with E-state index in [0.717, 1.165) is 0 Å². The van der Waals surface area contributed by atoms with Gasteiger partial charge in [-0.25, -0.2) is 4.98 Å². The first-order chi connectivity index (χ1) is 18.6. The largest absolute Gasteiger partial charge is 0.381 e. The molecule has 0 aliphatic carbocycles. The molecule has 1 aliphatic heterocycles. The summed E-state index contributed by atoms with van der Waals surface area (Å²) in [4.78, 5) is 57.3. The fourth-order valence-corrected chi connectivity index (χ4v) is 5.11. The Bertz CT molecular complexity index is 1700. The van der Waals surface area contributed by atoms with Crippen LogP contribution in [0, 0.1) is 13.8 Å². The number of amides is 3. The van der Waals surface area contributed by atoms with Gasteiger partial charge in [-0.3, -0.25) is 19.2 Å². The van der Waals surface area contributed by atoms with Crippen LogP contribution in [0.25, 0.3) is 11.1 Å². The number of pyridine rings is 1. The average molecular weight is 526 g/mol. The lowest BCUT2D eigenvalue weighted by atomic mass is 9.99. The molecule has 3 amide bonds. The molecular formula is C29H27N5O5. The highest BCUT2D eigenvalue weighted by molar-refractivity contribution is 6.15. The number of primary amides is 1. The molecule has 0 unspecified atom stereocenters. The Hall–Kier alpha value is -4.99. The molecule has 2 aromatic carbocycles. The second-order valence-electron chi connectivity index (χ2n) is 9.44. The first kappa shape index (κ1) is 25.7. The molecule has 39 heavy (non-hydrogen) atoms. The minimum absolute atomic E-state index is 0.145. The number of aryl methyl sites for hydroxylation is 3. The molecule has 0 saturated heterocycles. The van der Waals surface area contributed by atoms with Crippen LogP contribution in [0.5, 0.6) is 0 Å². The van der Waals surface area contributed by atoms with Gasteiger partial charge in [0.05, 0.1) is 11.6 Å². The van der Waals surface area contributed by atoms with Crippen molar-refractivity contribution in [2.75, 3.05) is 10.2 Å². The van der Waals surface area contributed by atoms with E-state index in [2.05, 4.69) is 10.3 Å². The van der Waals surface area contributed by atoms with Crippen LogP contribution in [0.4, 0.5) is 11.4 Å². The smallest absolute Gasteiger partial charge is 0.290 e. The predicted molar refractivity (Wildman–Crippen MR) is 146 cm³/mol. The molecule has 0 spiro atoms. The number of rotatable bonds is 6. The van der Waals surface area contributed by atoms with Gasteiger partial charge >= 0.3 is 0 Å². The summed E-state index contributed by atoms with van der Waals surface area (Å²) in [6.07, 6.45) is 0.532. The van der Waals surface area contributed by atoms with Crippen LogP contribution in [0.3, 0.4) is 0 Å². The SMILES string of the molecule is CC[C@H]1c2c(cc(C)nc2C(=O)Nc2cccc(C(N)=O)c2)C(=O)N1c1ccc(-c2c(C)on(C)c2=O)cc1. The Morgan fingerprint density at radius 2 is 1.79 bits per heavy atom. The highest BCUT2D eigenvalue weighted by Gasteiger charge is 2.40. The average Bonchev–Trinajstić information content (AvgIpc) is 3.34. The van der Waals surface area contributed by atoms with E-state index in [-0.39, 0.29) is 22.7 Å². The van der Waals surface area contributed by atoms with E-state index >= 15 is 0 Å². The van der Waals surface area contributed by atoms with E-state index in [1.165, 1.54) is 10.8 Å². The van der Waals surface area contributed by atoms with Crippen molar-refractivity contribution in [2.24, 2.45) is 12.8 Å². The Labute approximate surface area is 224 Å². The standard InChI is InChI=1S/C29H27N5O5/c1-5-22-24-21(13-15(2)31-25(24)27(36)32-19-8-6-7-18(14-19)26(30)35)28(37)34(22)20-11-9-17(10-12-20)23-16(3)39-33(4)29(23)38/h6-14,22H,5H2,1-4H3,(H2,30,35)(H,32,36)/t22-/m0/s1. The number of nitrogens with one attached hydrogen (secondary N) is 1. The predicted octanol–water partition coefficient (Wildman–Crippen LogP) is 4.12. The topological polar surface area (TPSA) is 141 Å². The van der Waals surface area contributed by atoms with Gasteiger partial charge in [0, 0.05) is 40.8 Å². The highest BCUT2D eigenvalue weighted by Crippen LogP contribution is 2.41. The maximum Gasteiger partial charge on any atom is 0.290 e. The van der Waals surface area contributed by atoms with Crippen molar-refractivity contribution in [1.82, 2.24) is 9.72 Å². The minimum Gasteiger partial charge on any atom is -0.381 e. The summed E-state index contributed by atoms with van der Waals surface area (Å²) in [5.74, 6) is -0.839. The van der Waals surface area contributed by atoms with Crippen molar-refractivity contribution in [1.29, 1.82) is 0 Å². The van der Waals surface area contributed by atoms with E-state index in [9.17, 15) is 19.2 Å². The molecule has 2 aromatic heterocycles. The Morgan fingerprint density at radius 3 is 2.41 bits per heavy atom. The Balaban J connectivity index is 1.51. The highest BCUT2D eigenvalue weighted by atomic mass is 16.5. The number of nitrogens with two attached hydrogens (primary N) is 1. The molecule has 1 atom stereocenters. The van der Waals surface area contributed by atoms with E-state index in [0.29, 0.717) is 51.5 Å². The van der Waals surface area contributed by atoms with Gasteiger partial charge in [0.25, 0.3) is 17.4 Å². The van der Waals surface area contributed by atoms with Gasteiger partial charge in [0.15, 0.2) is 0 Å². The van der Waals surface area contributed by atoms with Gasteiger partial charge in [0.2, 0.25) is 5.91 Å². The lowest BCUT2D eigenvalue weighted by Gasteiger charge is -2.25. The normalized spacial score (nSPS) is 14.4. The van der Waals surface area contributed by atoms with Crippen molar-refractivity contribution in [2.45, 2.75) is 33.2 Å². The summed E-state index contributed by atoms with van der Waals surface area (Å²) in [6, 6.07) is 14.7. The molecule has 1 aliphatic rings. The first-order valence-corrected chi connectivity index (χ1v) is 12.4. The van der Waals surface area contributed by atoms with Gasteiger partial charge in [-0.15, -0.1) is 0 Å². The number of nitrogens with zero attached hydrogens (tertiary/aromatic N) is 3. The van der Waals surface area contributed by atoms with Crippen LogP contribution in [-0.2, 0) is 7.05 Å². The maximum absolute atomic E-state index is 13.7. The van der Waals surface area contributed by atoms with Crippen LogP contribution in [0.2, 0.25) is 0 Å². The van der Waals surface area contributed by atoms with Crippen LogP contribution < -0.4 is 21.5 Å². The van der Waals surface area contributed by atoms with E-state index in [1.54, 1.807) is 74.3 Å². The van der Waals surface area contributed by atoms with Crippen molar-refractivity contribution in [3.05, 3.63) is 98.8 Å². The number of hydrogen-bond acceptors (Lipinski definition) is 6. The lowest BCUT2D eigenvalue weighted by Crippen LogP contribution is -2.28. The number of carbonyl (C=O) groups excluding carboxylic acids is 3. The molecule has 0 fully saturated rings. The summed E-state index contributed by atoms with van der Waals surface area (Å²) < 4.78 is 6.58. The molecule has 4 aromatic rings. The molecule has 10 nitrogen and oxygen atoms in total. The molecule has 3 heterocycles. The van der Waals surface area contributed by atoms with Crippen LogP contribution in [0.1, 0.15) is 67.6 Å². The van der Waals surface area contributed by atoms with Crippen molar-refractivity contribution >= 4 is 29.1 Å². The zero-order valence-corrected chi connectivity index (χ0v) is 21.9. The summed E-state index contributed by atoms with van der Waals surface area (Å²) in [6.45, 7) is 5.39. The lowest BCUT2D eigenvalue weighted by molar-refractivity contribution is 0.0986. The zero-order valence-electron chi connectivity index (χ0n) is 21.9. The number of carbonyl (C=O) groups is 3. The Kier molecular flexibility index (Phi) is 6.39. The molecule has 3 N–H and O–H groups in total. The second-order valence-corrected chi connectivity index (χ2v) is 9.44. The van der Waals surface area contributed by atoms with Crippen LogP contribution in [-0.4, -0.2) is 27.4 Å². The molecular weight excluding hydrogens is 498 g/mol. The van der Waals surface area contributed by atoms with Gasteiger partial charge in [-0.05, 0) is 62.2 Å². The monoisotopic (exact) mass is 525 g/mol. The summed E-state index contributed by atoms with van der Waals surface area (Å²) in [5.41, 5.74) is 9.17. The van der Waals surface area contributed by atoms with E-state index in [1.807, 2.05) is 6.92 Å². The minimum atomic E-state index is -0.609. The third-order valence-corrected chi connectivity index (χ3v) is 6.85. The third-order valence-electron chi connectivity index (χ3n) is 6.85. The van der Waals surface area contributed by atoms with Gasteiger partial charge < -0.3 is 20.5 Å². The number of hydrogen-bond donors (Lipinski definition) is 2. The summed E-state index contributed by atoms with van der Waals surface area (Å²) in [7, 11) is 1.55. The summed E-state index contributed by atoms with van der Waals surface area (Å²) in [5, 5.41) is 2.78. The van der Waals surface area contributed by atoms with Gasteiger partial charge in [0.1, 0.15) is 11.5 Å². The van der Waals surface area contributed by atoms with Crippen molar-refractivity contribution < 1.29 is 18.9 Å². The molecule has 198 valence electrons. The fourth-order valence-electron chi connectivity index (χ4n) is 5.11. The molecule has 0 radical (unpaired) electrons. The third kappa shape index (κ3) is 4.39. The van der Waals surface area contributed by atoms with Crippen molar-refractivity contribution in [3.8, 4) is 11.1 Å².